The molecule has 0 unspecified atom stereocenters. The van der Waals surface area contributed by atoms with E-state index in [-0.39, 0.29) is 12.0 Å². The van der Waals surface area contributed by atoms with Crippen LogP contribution in [0.5, 0.6) is 0 Å². The van der Waals surface area contributed by atoms with Gasteiger partial charge in [0.25, 0.3) is 0 Å². The predicted octanol–water partition coefficient (Wildman–Crippen LogP) is 2.22. The normalized spacial score (nSPS) is 31.4. The van der Waals surface area contributed by atoms with Gasteiger partial charge in [-0.25, -0.2) is 0 Å². The molecular weight excluding hydrogens is 224 g/mol. The second-order valence-corrected chi connectivity index (χ2v) is 7.37. The van der Waals surface area contributed by atoms with Crippen LogP contribution in [0.1, 0.15) is 52.9 Å². The molecule has 0 aromatic rings. The van der Waals surface area contributed by atoms with E-state index in [0.717, 1.165) is 12.8 Å². The highest BCUT2D eigenvalue weighted by molar-refractivity contribution is 7.74. The van der Waals surface area contributed by atoms with Crippen LogP contribution in [0.2, 0.25) is 0 Å². The Morgan fingerprint density at radius 2 is 1.75 bits per heavy atom. The molecule has 16 heavy (non-hydrogen) atoms. The van der Waals surface area contributed by atoms with Crippen molar-refractivity contribution in [1.29, 1.82) is 0 Å². The lowest BCUT2D eigenvalue weighted by atomic mass is 9.69. The summed E-state index contributed by atoms with van der Waals surface area (Å²) in [6, 6.07) is 0. The van der Waals surface area contributed by atoms with Gasteiger partial charge in [0.1, 0.15) is 0 Å². The number of hydrogen-bond donors (Lipinski definition) is 1. The van der Waals surface area contributed by atoms with Crippen LogP contribution in [-0.2, 0) is 10.7 Å². The summed E-state index contributed by atoms with van der Waals surface area (Å²) in [6.07, 6.45) is 3.70. The topological polar surface area (TPSA) is 54.4 Å². The van der Waals surface area contributed by atoms with Crippen LogP contribution in [0.4, 0.5) is 0 Å². The second-order valence-electron chi connectivity index (χ2n) is 6.03. The van der Waals surface area contributed by atoms with Gasteiger partial charge in [-0.1, -0.05) is 20.8 Å². The Balaban J connectivity index is 2.71. The first-order valence-electron chi connectivity index (χ1n) is 6.02. The molecule has 1 N–H and O–H groups in total. The molecule has 3 nitrogen and oxygen atoms in total. The molecule has 0 saturated heterocycles. The fourth-order valence-electron chi connectivity index (χ4n) is 2.71. The maximum Gasteiger partial charge on any atom is 0.194 e. The number of aliphatic hydroxyl groups is 1. The molecule has 0 aliphatic heterocycles. The van der Waals surface area contributed by atoms with Crippen molar-refractivity contribution in [2.75, 3.05) is 6.61 Å². The average Bonchev–Trinajstić information content (AvgIpc) is 2.17. The summed E-state index contributed by atoms with van der Waals surface area (Å²) >= 11 is 0. The molecule has 0 atom stereocenters. The summed E-state index contributed by atoms with van der Waals surface area (Å²) in [4.78, 5) is 0. The zero-order chi connectivity index (χ0) is 12.4. The first kappa shape index (κ1) is 13.8. The van der Waals surface area contributed by atoms with E-state index in [4.69, 9.17) is 5.11 Å². The third kappa shape index (κ3) is 2.92. The van der Waals surface area contributed by atoms with Crippen molar-refractivity contribution in [3.63, 3.8) is 0 Å². The standard InChI is InChI=1S/C12H23O3S/c1-11(2,3)10-4-6-12(7-5-10,8-9-13)16(14)15/h10,13H,4-9H2,1-3H3. The minimum Gasteiger partial charge on any atom is -0.396 e. The molecule has 1 aliphatic rings. The molecular formula is C12H23O3S. The van der Waals surface area contributed by atoms with Crippen LogP contribution in [0.15, 0.2) is 0 Å². The zero-order valence-corrected chi connectivity index (χ0v) is 11.3. The summed E-state index contributed by atoms with van der Waals surface area (Å²) in [6.45, 7) is 6.61. The highest BCUT2D eigenvalue weighted by Crippen LogP contribution is 2.43. The second kappa shape index (κ2) is 4.96. The molecule has 1 saturated carbocycles. The maximum absolute atomic E-state index is 11.3. The predicted molar refractivity (Wildman–Crippen MR) is 64.8 cm³/mol. The number of rotatable bonds is 3. The van der Waals surface area contributed by atoms with Crippen LogP contribution in [0.25, 0.3) is 0 Å². The summed E-state index contributed by atoms with van der Waals surface area (Å²) in [7, 11) is -2.06. The van der Waals surface area contributed by atoms with E-state index in [1.807, 2.05) is 0 Å². The fraction of sp³-hybridized carbons (Fsp3) is 1.00. The Morgan fingerprint density at radius 3 is 2.06 bits per heavy atom. The van der Waals surface area contributed by atoms with Gasteiger partial charge in [-0.3, -0.25) is 0 Å². The lowest BCUT2D eigenvalue weighted by molar-refractivity contribution is 0.145. The Labute approximate surface area is 100 Å². The maximum atomic E-state index is 11.3. The van der Waals surface area contributed by atoms with E-state index in [2.05, 4.69) is 20.8 Å². The van der Waals surface area contributed by atoms with Gasteiger partial charge in [-0.2, -0.15) is 8.42 Å². The van der Waals surface area contributed by atoms with Crippen molar-refractivity contribution in [3.05, 3.63) is 0 Å². The Hall–Kier alpha value is -0.220. The molecule has 1 aliphatic carbocycles. The molecule has 0 heterocycles. The van der Waals surface area contributed by atoms with Crippen molar-refractivity contribution in [1.82, 2.24) is 0 Å². The first-order valence-corrected chi connectivity index (χ1v) is 7.09. The number of hydrogen-bond acceptors (Lipinski definition) is 3. The molecule has 0 aromatic carbocycles. The summed E-state index contributed by atoms with van der Waals surface area (Å²) in [5.41, 5.74) is 0.260. The van der Waals surface area contributed by atoms with E-state index in [1.54, 1.807) is 0 Å². The highest BCUT2D eigenvalue weighted by Gasteiger charge is 2.41. The van der Waals surface area contributed by atoms with Crippen molar-refractivity contribution in [2.45, 2.75) is 57.6 Å². The van der Waals surface area contributed by atoms with Crippen LogP contribution in [0, 0.1) is 11.3 Å². The number of aliphatic hydroxyl groups excluding tert-OH is 1. The summed E-state index contributed by atoms with van der Waals surface area (Å²) in [5, 5.41) is 8.99. The van der Waals surface area contributed by atoms with Gasteiger partial charge in [-0.15, -0.1) is 0 Å². The highest BCUT2D eigenvalue weighted by atomic mass is 32.2. The van der Waals surface area contributed by atoms with Crippen LogP contribution >= 0.6 is 0 Å². The summed E-state index contributed by atoms with van der Waals surface area (Å²) in [5.74, 6) is 0.600. The molecule has 1 radical (unpaired) electrons. The smallest absolute Gasteiger partial charge is 0.194 e. The molecule has 0 aromatic heterocycles. The van der Waals surface area contributed by atoms with Gasteiger partial charge in [-0.05, 0) is 43.4 Å². The minimum atomic E-state index is -2.06. The monoisotopic (exact) mass is 247 g/mol. The van der Waals surface area contributed by atoms with Gasteiger partial charge >= 0.3 is 0 Å². The first-order chi connectivity index (χ1) is 7.32. The summed E-state index contributed by atoms with van der Waals surface area (Å²) < 4.78 is 22.0. The Morgan fingerprint density at radius 1 is 1.25 bits per heavy atom. The quantitative estimate of drug-likeness (QED) is 0.832. The van der Waals surface area contributed by atoms with Gasteiger partial charge in [0.2, 0.25) is 0 Å². The van der Waals surface area contributed by atoms with Gasteiger partial charge in [0.05, 0.1) is 4.75 Å². The van der Waals surface area contributed by atoms with Gasteiger partial charge < -0.3 is 5.11 Å². The fourth-order valence-corrected chi connectivity index (χ4v) is 3.54. The van der Waals surface area contributed by atoms with E-state index >= 15 is 0 Å². The van der Waals surface area contributed by atoms with Crippen LogP contribution < -0.4 is 0 Å². The van der Waals surface area contributed by atoms with E-state index in [1.165, 1.54) is 0 Å². The molecule has 1 rings (SSSR count). The molecule has 0 amide bonds. The van der Waals surface area contributed by atoms with Crippen LogP contribution in [-0.4, -0.2) is 24.9 Å². The average molecular weight is 247 g/mol. The van der Waals surface area contributed by atoms with Gasteiger partial charge in [0, 0.05) is 6.61 Å². The Kier molecular flexibility index (Phi) is 4.29. The molecule has 95 valence electrons. The van der Waals surface area contributed by atoms with Crippen molar-refractivity contribution >= 4 is 10.7 Å². The SMILES string of the molecule is CC(C)(C)C1CCC(CCO)([S](=O)=O)CC1. The molecule has 4 heteroatoms. The largest absolute Gasteiger partial charge is 0.396 e. The molecule has 1 fully saturated rings. The van der Waals surface area contributed by atoms with Crippen LogP contribution in [0.3, 0.4) is 0 Å². The zero-order valence-electron chi connectivity index (χ0n) is 10.5. The van der Waals surface area contributed by atoms with Crippen molar-refractivity contribution in [3.8, 4) is 0 Å². The third-order valence-corrected chi connectivity index (χ3v) is 5.36. The van der Waals surface area contributed by atoms with Gasteiger partial charge in [0.15, 0.2) is 10.7 Å². The third-order valence-electron chi connectivity index (χ3n) is 4.04. The minimum absolute atomic E-state index is 0.0336. The van der Waals surface area contributed by atoms with Crippen molar-refractivity contribution in [2.24, 2.45) is 11.3 Å². The van der Waals surface area contributed by atoms with Crippen molar-refractivity contribution < 1.29 is 13.5 Å². The molecule has 0 bridgehead atoms. The lowest BCUT2D eigenvalue weighted by Crippen LogP contribution is -2.39. The molecule has 0 spiro atoms. The van der Waals surface area contributed by atoms with E-state index < -0.39 is 15.5 Å². The van der Waals surface area contributed by atoms with E-state index in [0.29, 0.717) is 25.2 Å². The Bertz CT molecular complexity index is 286. The lowest BCUT2D eigenvalue weighted by Gasteiger charge is -2.40. The van der Waals surface area contributed by atoms with E-state index in [9.17, 15) is 8.42 Å².